The molecule has 0 radical (unpaired) electrons. The van der Waals surface area contributed by atoms with Crippen LogP contribution in [0, 0.1) is 0 Å². The molecule has 0 spiro atoms. The second-order valence-electron chi connectivity index (χ2n) is 2.18. The van der Waals surface area contributed by atoms with Gasteiger partial charge in [0.25, 0.3) is 0 Å². The third kappa shape index (κ3) is 3.77. The first-order chi connectivity index (χ1) is 6.20. The van der Waals surface area contributed by atoms with Gasteiger partial charge in [0.05, 0.1) is 0 Å². The molecule has 1 nitrogen and oxygen atoms in total. The van der Waals surface area contributed by atoms with Crippen LogP contribution in [0.3, 0.4) is 0 Å². The van der Waals surface area contributed by atoms with Crippen molar-refractivity contribution in [3.05, 3.63) is 35.7 Å². The van der Waals surface area contributed by atoms with E-state index in [9.17, 15) is 0 Å². The summed E-state index contributed by atoms with van der Waals surface area (Å²) in [5.74, 6) is 0. The highest BCUT2D eigenvalue weighted by Crippen LogP contribution is 2.18. The van der Waals surface area contributed by atoms with Gasteiger partial charge in [0.15, 0.2) is 0 Å². The minimum Gasteiger partial charge on any atom is -0.262 e. The lowest BCUT2D eigenvalue weighted by atomic mass is 10.3. The van der Waals surface area contributed by atoms with E-state index in [-0.39, 0.29) is 0 Å². The third-order valence-electron chi connectivity index (χ3n) is 1.36. The van der Waals surface area contributed by atoms with Crippen molar-refractivity contribution in [3.63, 3.8) is 0 Å². The fraction of sp³-hybridized carbons (Fsp3) is 0. The Morgan fingerprint density at radius 1 is 1.15 bits per heavy atom. The van der Waals surface area contributed by atoms with Crippen LogP contribution in [0.4, 0.5) is 4.79 Å². The monoisotopic (exact) mass is 232 g/mol. The molecule has 0 amide bonds. The second kappa shape index (κ2) is 5.22. The van der Waals surface area contributed by atoms with Gasteiger partial charge in [-0.15, -0.1) is 11.3 Å². The maximum atomic E-state index is 8.98. The smallest absolute Gasteiger partial charge is 0.262 e. The number of fused-ring (bicyclic) bond motifs is 1. The number of hydrogen-bond acceptors (Lipinski definition) is 2. The van der Waals surface area contributed by atoms with Gasteiger partial charge < -0.3 is 0 Å². The van der Waals surface area contributed by atoms with E-state index < -0.39 is 4.70 Å². The first-order valence-electron chi connectivity index (χ1n) is 3.47. The van der Waals surface area contributed by atoms with Crippen molar-refractivity contribution in [2.24, 2.45) is 0 Å². The van der Waals surface area contributed by atoms with Gasteiger partial charge in [-0.3, -0.25) is 4.79 Å². The molecule has 4 heteroatoms. The Morgan fingerprint density at radius 2 is 1.77 bits per heavy atom. The Morgan fingerprint density at radius 3 is 2.38 bits per heavy atom. The molecular formula is C9H6Cl2OS. The minimum atomic E-state index is -0.889. The lowest BCUT2D eigenvalue weighted by molar-refractivity contribution is 0.275. The molecule has 0 fully saturated rings. The van der Waals surface area contributed by atoms with Crippen molar-refractivity contribution in [2.45, 2.75) is 0 Å². The standard InChI is InChI=1S/C8H6S.CCl2O/c1-2-4-8-7(3-1)5-6-9-8;2-1(3)4/h1-6H;. The van der Waals surface area contributed by atoms with E-state index in [1.54, 1.807) is 11.3 Å². The fourth-order valence-electron chi connectivity index (χ4n) is 0.906. The van der Waals surface area contributed by atoms with Crippen LogP contribution in [0.1, 0.15) is 0 Å². The number of carbonyl (C=O) groups excluding carboxylic acids is 1. The maximum absolute atomic E-state index is 8.98. The molecule has 0 aliphatic heterocycles. The summed E-state index contributed by atoms with van der Waals surface area (Å²) in [5.41, 5.74) is 0. The summed E-state index contributed by atoms with van der Waals surface area (Å²) in [7, 11) is 0. The Bertz CT molecular complexity index is 363. The van der Waals surface area contributed by atoms with E-state index >= 15 is 0 Å². The molecule has 0 saturated heterocycles. The van der Waals surface area contributed by atoms with E-state index in [1.165, 1.54) is 10.1 Å². The molecule has 0 aliphatic rings. The molecule has 0 saturated carbocycles. The zero-order valence-electron chi connectivity index (χ0n) is 6.54. The van der Waals surface area contributed by atoms with Gasteiger partial charge in [-0.2, -0.15) is 0 Å². The molecule has 2 rings (SSSR count). The van der Waals surface area contributed by atoms with Crippen LogP contribution in [0.25, 0.3) is 10.1 Å². The van der Waals surface area contributed by atoms with Gasteiger partial charge in [0, 0.05) is 4.70 Å². The molecule has 13 heavy (non-hydrogen) atoms. The maximum Gasteiger partial charge on any atom is 0.313 e. The first kappa shape index (κ1) is 10.5. The summed E-state index contributed by atoms with van der Waals surface area (Å²) in [6, 6.07) is 10.5. The van der Waals surface area contributed by atoms with Crippen LogP contribution < -0.4 is 0 Å². The van der Waals surface area contributed by atoms with Gasteiger partial charge in [0.2, 0.25) is 0 Å². The van der Waals surface area contributed by atoms with Crippen molar-refractivity contribution < 1.29 is 4.79 Å². The number of hydrogen-bond donors (Lipinski definition) is 0. The number of carbonyl (C=O) groups is 1. The summed E-state index contributed by atoms with van der Waals surface area (Å²) in [6.45, 7) is 0. The number of thiophene rings is 1. The SMILES string of the molecule is O=C(Cl)Cl.c1ccc2sccc2c1. The molecule has 2 aromatic rings. The Kier molecular flexibility index (Phi) is 4.22. The Balaban J connectivity index is 0.000000184. The first-order valence-corrected chi connectivity index (χ1v) is 5.11. The average Bonchev–Trinajstić information content (AvgIpc) is 2.49. The summed E-state index contributed by atoms with van der Waals surface area (Å²) in [6.07, 6.45) is 0. The lowest BCUT2D eigenvalue weighted by Gasteiger charge is -1.82. The van der Waals surface area contributed by atoms with E-state index in [1.807, 2.05) is 0 Å². The number of halogens is 2. The molecule has 0 unspecified atom stereocenters. The van der Waals surface area contributed by atoms with Crippen LogP contribution in [-0.4, -0.2) is 4.70 Å². The summed E-state index contributed by atoms with van der Waals surface area (Å²) in [4.78, 5) is 8.98. The van der Waals surface area contributed by atoms with Crippen molar-refractivity contribution in [1.82, 2.24) is 0 Å². The van der Waals surface area contributed by atoms with Crippen molar-refractivity contribution in [1.29, 1.82) is 0 Å². The molecule has 0 aliphatic carbocycles. The molecule has 0 atom stereocenters. The third-order valence-corrected chi connectivity index (χ3v) is 2.26. The van der Waals surface area contributed by atoms with Gasteiger partial charge in [-0.1, -0.05) is 18.2 Å². The van der Waals surface area contributed by atoms with Gasteiger partial charge in [0.1, 0.15) is 0 Å². The summed E-state index contributed by atoms with van der Waals surface area (Å²) in [5, 5.41) is 3.47. The molecule has 0 bridgehead atoms. The zero-order chi connectivity index (χ0) is 9.68. The second-order valence-corrected chi connectivity index (χ2v) is 4.01. The van der Waals surface area contributed by atoms with Crippen LogP contribution in [-0.2, 0) is 0 Å². The number of rotatable bonds is 0. The van der Waals surface area contributed by atoms with Crippen molar-refractivity contribution in [3.8, 4) is 0 Å². The van der Waals surface area contributed by atoms with Gasteiger partial charge >= 0.3 is 4.70 Å². The van der Waals surface area contributed by atoms with E-state index in [0.717, 1.165) is 0 Å². The predicted molar refractivity (Wildman–Crippen MR) is 58.9 cm³/mol. The summed E-state index contributed by atoms with van der Waals surface area (Å²) >= 11 is 10.6. The Labute approximate surface area is 89.9 Å². The summed E-state index contributed by atoms with van der Waals surface area (Å²) < 4.78 is 0.484. The largest absolute Gasteiger partial charge is 0.313 e. The highest BCUT2D eigenvalue weighted by Gasteiger charge is 1.87. The van der Waals surface area contributed by atoms with E-state index in [0.29, 0.717) is 0 Å². The zero-order valence-corrected chi connectivity index (χ0v) is 8.86. The van der Waals surface area contributed by atoms with Crippen molar-refractivity contribution in [2.75, 3.05) is 0 Å². The lowest BCUT2D eigenvalue weighted by Crippen LogP contribution is -1.56. The predicted octanol–water partition coefficient (Wildman–Crippen LogP) is 4.49. The minimum absolute atomic E-state index is 0.889. The molecule has 0 N–H and O–H groups in total. The van der Waals surface area contributed by atoms with Gasteiger partial charge in [-0.25, -0.2) is 0 Å². The fourth-order valence-corrected chi connectivity index (χ4v) is 1.70. The number of benzene rings is 1. The van der Waals surface area contributed by atoms with Crippen molar-refractivity contribution >= 4 is 49.3 Å². The molecule has 1 aromatic carbocycles. The van der Waals surface area contributed by atoms with Crippen LogP contribution in [0.15, 0.2) is 35.7 Å². The normalized spacial score (nSPS) is 9.08. The van der Waals surface area contributed by atoms with Crippen LogP contribution in [0.2, 0.25) is 0 Å². The Hall–Kier alpha value is -0.570. The quantitative estimate of drug-likeness (QED) is 0.613. The van der Waals surface area contributed by atoms with Crippen LogP contribution >= 0.6 is 34.5 Å². The average molecular weight is 233 g/mol. The molecular weight excluding hydrogens is 227 g/mol. The molecule has 68 valence electrons. The highest BCUT2D eigenvalue weighted by atomic mass is 35.5. The molecule has 1 heterocycles. The van der Waals surface area contributed by atoms with Crippen LogP contribution in [0.5, 0.6) is 0 Å². The van der Waals surface area contributed by atoms with E-state index in [4.69, 9.17) is 4.79 Å². The topological polar surface area (TPSA) is 17.1 Å². The van der Waals surface area contributed by atoms with E-state index in [2.05, 4.69) is 58.9 Å². The molecule has 1 aromatic heterocycles. The highest BCUT2D eigenvalue weighted by molar-refractivity contribution is 7.17. The van der Waals surface area contributed by atoms with Gasteiger partial charge in [-0.05, 0) is 46.1 Å².